The van der Waals surface area contributed by atoms with E-state index < -0.39 is 0 Å². The third-order valence-corrected chi connectivity index (χ3v) is 4.60. The molecule has 1 unspecified atom stereocenters. The first-order valence-corrected chi connectivity index (χ1v) is 7.73. The van der Waals surface area contributed by atoms with Crippen LogP contribution in [0.2, 0.25) is 0 Å². The lowest BCUT2D eigenvalue weighted by Crippen LogP contribution is -2.39. The molecule has 0 saturated carbocycles. The highest BCUT2D eigenvalue weighted by molar-refractivity contribution is 14.1. The van der Waals surface area contributed by atoms with Crippen LogP contribution < -0.4 is 5.32 Å². The molecule has 0 aliphatic rings. The van der Waals surface area contributed by atoms with Crippen molar-refractivity contribution in [2.24, 2.45) is 5.92 Å². The SMILES string of the molecule is CC(C)C(CBr)NC(=O)c1csc(I)c1. The van der Waals surface area contributed by atoms with Gasteiger partial charge in [0.2, 0.25) is 0 Å². The average molecular weight is 402 g/mol. The van der Waals surface area contributed by atoms with E-state index in [4.69, 9.17) is 0 Å². The maximum absolute atomic E-state index is 11.8. The second-order valence-electron chi connectivity index (χ2n) is 3.62. The summed E-state index contributed by atoms with van der Waals surface area (Å²) in [6, 6.07) is 2.10. The van der Waals surface area contributed by atoms with Gasteiger partial charge in [-0.2, -0.15) is 0 Å². The maximum Gasteiger partial charge on any atom is 0.252 e. The number of carbonyl (C=O) groups is 1. The molecule has 0 spiro atoms. The zero-order valence-electron chi connectivity index (χ0n) is 8.59. The largest absolute Gasteiger partial charge is 0.348 e. The van der Waals surface area contributed by atoms with E-state index in [0.717, 1.165) is 13.8 Å². The highest BCUT2D eigenvalue weighted by Crippen LogP contribution is 2.17. The lowest BCUT2D eigenvalue weighted by atomic mass is 10.1. The molecule has 1 atom stereocenters. The second-order valence-corrected chi connectivity index (χ2v) is 7.07. The lowest BCUT2D eigenvalue weighted by Gasteiger charge is -2.19. The third kappa shape index (κ3) is 4.03. The van der Waals surface area contributed by atoms with E-state index in [-0.39, 0.29) is 11.9 Å². The molecule has 0 aliphatic carbocycles. The van der Waals surface area contributed by atoms with Crippen molar-refractivity contribution in [3.05, 3.63) is 19.9 Å². The zero-order valence-corrected chi connectivity index (χ0v) is 13.1. The summed E-state index contributed by atoms with van der Waals surface area (Å²) in [5.41, 5.74) is 0.760. The minimum absolute atomic E-state index is 0.0207. The number of halogens is 2. The molecule has 1 N–H and O–H groups in total. The van der Waals surface area contributed by atoms with Crippen LogP contribution in [0.5, 0.6) is 0 Å². The zero-order chi connectivity index (χ0) is 11.4. The predicted molar refractivity (Wildman–Crippen MR) is 76.9 cm³/mol. The van der Waals surface area contributed by atoms with Gasteiger partial charge in [0.25, 0.3) is 5.91 Å². The molecule has 5 heteroatoms. The van der Waals surface area contributed by atoms with Crippen molar-refractivity contribution in [1.82, 2.24) is 5.32 Å². The van der Waals surface area contributed by atoms with Crippen LogP contribution in [-0.4, -0.2) is 17.3 Å². The summed E-state index contributed by atoms with van der Waals surface area (Å²) in [7, 11) is 0. The summed E-state index contributed by atoms with van der Waals surface area (Å²) in [6.07, 6.45) is 0. The molecule has 15 heavy (non-hydrogen) atoms. The van der Waals surface area contributed by atoms with Crippen LogP contribution in [0, 0.1) is 8.80 Å². The quantitative estimate of drug-likeness (QED) is 0.607. The van der Waals surface area contributed by atoms with Crippen molar-refractivity contribution in [2.45, 2.75) is 19.9 Å². The Hall–Kier alpha value is 0.380. The standard InChI is InChI=1S/C10H13BrINOS/c1-6(2)8(4-11)13-10(14)7-3-9(12)15-5-7/h3,5-6,8H,4H2,1-2H3,(H,13,14). The van der Waals surface area contributed by atoms with Gasteiger partial charge in [-0.1, -0.05) is 29.8 Å². The van der Waals surface area contributed by atoms with E-state index in [1.54, 1.807) is 11.3 Å². The molecule has 1 rings (SSSR count). The molecule has 1 heterocycles. The minimum atomic E-state index is 0.0207. The maximum atomic E-state index is 11.8. The Morgan fingerprint density at radius 1 is 1.67 bits per heavy atom. The third-order valence-electron chi connectivity index (χ3n) is 2.12. The number of thiophene rings is 1. The van der Waals surface area contributed by atoms with Crippen LogP contribution in [0.15, 0.2) is 11.4 Å². The minimum Gasteiger partial charge on any atom is -0.348 e. The molecule has 0 bridgehead atoms. The first-order valence-electron chi connectivity index (χ1n) is 4.65. The second kappa shape index (κ2) is 6.20. The smallest absolute Gasteiger partial charge is 0.252 e. The predicted octanol–water partition coefficient (Wildman–Crippen LogP) is 3.50. The van der Waals surface area contributed by atoms with Crippen LogP contribution in [0.3, 0.4) is 0 Å². The Morgan fingerprint density at radius 2 is 2.33 bits per heavy atom. The fourth-order valence-corrected chi connectivity index (χ4v) is 3.30. The molecule has 1 amide bonds. The van der Waals surface area contributed by atoms with Gasteiger partial charge in [-0.05, 0) is 34.6 Å². The van der Waals surface area contributed by atoms with Gasteiger partial charge in [-0.25, -0.2) is 0 Å². The lowest BCUT2D eigenvalue weighted by molar-refractivity contribution is 0.0932. The molecule has 0 radical (unpaired) electrons. The fraction of sp³-hybridized carbons (Fsp3) is 0.500. The normalized spacial score (nSPS) is 12.9. The van der Waals surface area contributed by atoms with E-state index in [2.05, 4.69) is 57.7 Å². The summed E-state index contributed by atoms with van der Waals surface area (Å²) < 4.78 is 1.14. The van der Waals surface area contributed by atoms with Crippen LogP contribution in [0.1, 0.15) is 24.2 Å². The Bertz CT molecular complexity index is 340. The number of amides is 1. The summed E-state index contributed by atoms with van der Waals surface area (Å²) in [5.74, 6) is 0.457. The van der Waals surface area contributed by atoms with Gasteiger partial charge < -0.3 is 5.32 Å². The number of rotatable bonds is 4. The van der Waals surface area contributed by atoms with Crippen LogP contribution >= 0.6 is 49.9 Å². The number of hydrogen-bond acceptors (Lipinski definition) is 2. The van der Waals surface area contributed by atoms with Gasteiger partial charge in [-0.15, -0.1) is 11.3 Å². The Labute approximate surface area is 116 Å². The highest BCUT2D eigenvalue weighted by atomic mass is 127. The van der Waals surface area contributed by atoms with E-state index in [0.29, 0.717) is 5.92 Å². The molecule has 2 nitrogen and oxygen atoms in total. The summed E-state index contributed by atoms with van der Waals surface area (Å²) in [5, 5.41) is 5.69. The van der Waals surface area contributed by atoms with E-state index >= 15 is 0 Å². The van der Waals surface area contributed by atoms with Crippen molar-refractivity contribution in [2.75, 3.05) is 5.33 Å². The van der Waals surface area contributed by atoms with E-state index in [9.17, 15) is 4.79 Å². The van der Waals surface area contributed by atoms with Gasteiger partial charge in [0.1, 0.15) is 0 Å². The van der Waals surface area contributed by atoms with Gasteiger partial charge >= 0.3 is 0 Å². The number of carbonyl (C=O) groups excluding carboxylic acids is 1. The summed E-state index contributed by atoms with van der Waals surface area (Å²) in [4.78, 5) is 11.8. The fourth-order valence-electron chi connectivity index (χ4n) is 1.06. The van der Waals surface area contributed by atoms with Crippen LogP contribution in [0.4, 0.5) is 0 Å². The first kappa shape index (κ1) is 13.4. The van der Waals surface area contributed by atoms with Crippen molar-refractivity contribution < 1.29 is 4.79 Å². The number of alkyl halides is 1. The van der Waals surface area contributed by atoms with Crippen molar-refractivity contribution in [1.29, 1.82) is 0 Å². The molecular formula is C10H13BrINOS. The molecule has 0 aliphatic heterocycles. The monoisotopic (exact) mass is 401 g/mol. The summed E-state index contributed by atoms with van der Waals surface area (Å²) >= 11 is 7.22. The van der Waals surface area contributed by atoms with Gasteiger partial charge in [0.05, 0.1) is 8.45 Å². The molecule has 1 aromatic heterocycles. The van der Waals surface area contributed by atoms with Crippen molar-refractivity contribution >= 4 is 55.8 Å². The van der Waals surface area contributed by atoms with Gasteiger partial charge in [0, 0.05) is 16.8 Å². The van der Waals surface area contributed by atoms with Gasteiger partial charge in [-0.3, -0.25) is 4.79 Å². The van der Waals surface area contributed by atoms with Crippen LogP contribution in [-0.2, 0) is 0 Å². The van der Waals surface area contributed by atoms with E-state index in [1.807, 2.05) is 11.4 Å². The highest BCUT2D eigenvalue weighted by Gasteiger charge is 2.16. The molecule has 0 saturated heterocycles. The van der Waals surface area contributed by atoms with Gasteiger partial charge in [0.15, 0.2) is 0 Å². The van der Waals surface area contributed by atoms with E-state index in [1.165, 1.54) is 0 Å². The Morgan fingerprint density at radius 3 is 2.73 bits per heavy atom. The molecule has 0 aromatic carbocycles. The molecule has 1 aromatic rings. The van der Waals surface area contributed by atoms with Crippen molar-refractivity contribution in [3.63, 3.8) is 0 Å². The topological polar surface area (TPSA) is 29.1 Å². The van der Waals surface area contributed by atoms with Crippen molar-refractivity contribution in [3.8, 4) is 0 Å². The van der Waals surface area contributed by atoms with Crippen LogP contribution in [0.25, 0.3) is 0 Å². The molecular weight excluding hydrogens is 389 g/mol. The molecule has 84 valence electrons. The first-order chi connectivity index (χ1) is 7.04. The molecule has 0 fully saturated rings. The average Bonchev–Trinajstić information content (AvgIpc) is 2.60. The Kier molecular flexibility index (Phi) is 5.56. The Balaban J connectivity index is 2.62. The number of hydrogen-bond donors (Lipinski definition) is 1. The summed E-state index contributed by atoms with van der Waals surface area (Å²) in [6.45, 7) is 4.20. The number of nitrogens with one attached hydrogen (secondary N) is 1.